The highest BCUT2D eigenvalue weighted by Gasteiger charge is 2.21. The second-order valence-corrected chi connectivity index (χ2v) is 6.47. The molecule has 2 aromatic rings. The number of anilines is 1. The fourth-order valence-corrected chi connectivity index (χ4v) is 2.47. The monoisotopic (exact) mass is 375 g/mol. The van der Waals surface area contributed by atoms with Crippen molar-refractivity contribution in [1.29, 1.82) is 0 Å². The highest BCUT2D eigenvalue weighted by molar-refractivity contribution is 6.32. The molecular weight excluding hydrogens is 358 g/mol. The Balaban J connectivity index is 1.58. The van der Waals surface area contributed by atoms with Gasteiger partial charge in [-0.05, 0) is 61.2 Å². The van der Waals surface area contributed by atoms with Gasteiger partial charge in [0.05, 0.1) is 11.6 Å². The van der Waals surface area contributed by atoms with Crippen LogP contribution >= 0.6 is 11.6 Å². The van der Waals surface area contributed by atoms with E-state index in [1.165, 1.54) is 25.0 Å². The molecule has 26 heavy (non-hydrogen) atoms. The zero-order chi connectivity index (χ0) is 18.5. The van der Waals surface area contributed by atoms with E-state index < -0.39 is 12.6 Å². The maximum absolute atomic E-state index is 12.3. The lowest BCUT2D eigenvalue weighted by atomic mass is 10.2. The van der Waals surface area contributed by atoms with Crippen LogP contribution in [0.4, 0.5) is 5.69 Å². The van der Waals surface area contributed by atoms with Gasteiger partial charge in [-0.3, -0.25) is 4.79 Å². The van der Waals surface area contributed by atoms with Crippen LogP contribution < -0.4 is 14.8 Å². The SMILES string of the molecule is O=C(O)COc1ccc(NC(=O)c2ccc(OCC3CC3)cc2)cc1Cl. The number of hydrogen-bond donors (Lipinski definition) is 2. The molecule has 0 aromatic heterocycles. The van der Waals surface area contributed by atoms with E-state index in [2.05, 4.69) is 5.32 Å². The van der Waals surface area contributed by atoms with Crippen molar-refractivity contribution in [2.75, 3.05) is 18.5 Å². The zero-order valence-electron chi connectivity index (χ0n) is 13.9. The van der Waals surface area contributed by atoms with Gasteiger partial charge in [0.1, 0.15) is 11.5 Å². The van der Waals surface area contributed by atoms with Gasteiger partial charge in [-0.1, -0.05) is 11.6 Å². The number of nitrogens with one attached hydrogen (secondary N) is 1. The third-order valence-corrected chi connectivity index (χ3v) is 4.14. The Morgan fingerprint density at radius 1 is 1.12 bits per heavy atom. The summed E-state index contributed by atoms with van der Waals surface area (Å²) in [5.74, 6) is 0.280. The van der Waals surface area contributed by atoms with Gasteiger partial charge in [-0.2, -0.15) is 0 Å². The van der Waals surface area contributed by atoms with Crippen LogP contribution in [0.5, 0.6) is 11.5 Å². The molecule has 1 aliphatic carbocycles. The maximum atomic E-state index is 12.3. The molecule has 1 amide bonds. The summed E-state index contributed by atoms with van der Waals surface area (Å²) in [4.78, 5) is 22.8. The first-order valence-electron chi connectivity index (χ1n) is 8.19. The minimum absolute atomic E-state index is 0.216. The molecule has 0 aliphatic heterocycles. The second kappa shape index (κ2) is 8.10. The van der Waals surface area contributed by atoms with E-state index in [0.717, 1.165) is 12.4 Å². The lowest BCUT2D eigenvalue weighted by Gasteiger charge is -2.10. The Morgan fingerprint density at radius 2 is 1.85 bits per heavy atom. The Morgan fingerprint density at radius 3 is 2.46 bits per heavy atom. The number of carboxylic acids is 1. The van der Waals surface area contributed by atoms with Crippen LogP contribution in [0.15, 0.2) is 42.5 Å². The molecule has 0 heterocycles. The van der Waals surface area contributed by atoms with Crippen molar-refractivity contribution >= 4 is 29.2 Å². The maximum Gasteiger partial charge on any atom is 0.341 e. The van der Waals surface area contributed by atoms with E-state index in [9.17, 15) is 9.59 Å². The highest BCUT2D eigenvalue weighted by Crippen LogP contribution is 2.30. The highest BCUT2D eigenvalue weighted by atomic mass is 35.5. The molecule has 1 fully saturated rings. The second-order valence-electron chi connectivity index (χ2n) is 6.06. The van der Waals surface area contributed by atoms with Gasteiger partial charge in [0.15, 0.2) is 6.61 Å². The topological polar surface area (TPSA) is 84.9 Å². The van der Waals surface area contributed by atoms with Gasteiger partial charge < -0.3 is 19.9 Å². The quantitative estimate of drug-likeness (QED) is 0.732. The average Bonchev–Trinajstić information content (AvgIpc) is 3.44. The van der Waals surface area contributed by atoms with Crippen molar-refractivity contribution in [2.24, 2.45) is 5.92 Å². The summed E-state index contributed by atoms with van der Waals surface area (Å²) in [7, 11) is 0. The molecule has 0 atom stereocenters. The number of carboxylic acid groups (broad SMARTS) is 1. The standard InChI is InChI=1S/C19H18ClNO5/c20-16-9-14(5-8-17(16)26-11-18(22)23)21-19(24)13-3-6-15(7-4-13)25-10-12-1-2-12/h3-9,12H,1-2,10-11H2,(H,21,24)(H,22,23). The van der Waals surface area contributed by atoms with Gasteiger partial charge in [0.25, 0.3) is 5.91 Å². The van der Waals surface area contributed by atoms with Crippen LogP contribution in [0.25, 0.3) is 0 Å². The summed E-state index contributed by atoms with van der Waals surface area (Å²) < 4.78 is 10.7. The Hall–Kier alpha value is -2.73. The number of ether oxygens (including phenoxy) is 2. The third kappa shape index (κ3) is 5.13. The van der Waals surface area contributed by atoms with Crippen molar-refractivity contribution in [2.45, 2.75) is 12.8 Å². The molecule has 0 unspecified atom stereocenters. The number of rotatable bonds is 8. The van der Waals surface area contributed by atoms with Crippen LogP contribution in [0.1, 0.15) is 23.2 Å². The number of carbonyl (C=O) groups is 2. The summed E-state index contributed by atoms with van der Waals surface area (Å²) in [6, 6.07) is 11.5. The third-order valence-electron chi connectivity index (χ3n) is 3.84. The van der Waals surface area contributed by atoms with Crippen LogP contribution in [-0.2, 0) is 4.79 Å². The van der Waals surface area contributed by atoms with E-state index >= 15 is 0 Å². The lowest BCUT2D eigenvalue weighted by Crippen LogP contribution is -2.12. The Bertz CT molecular complexity index is 802. The molecule has 0 bridgehead atoms. The van der Waals surface area contributed by atoms with Crippen molar-refractivity contribution in [3.8, 4) is 11.5 Å². The molecule has 2 aromatic carbocycles. The summed E-state index contributed by atoms with van der Waals surface area (Å²) in [6.45, 7) is 0.237. The molecular formula is C19H18ClNO5. The van der Waals surface area contributed by atoms with Gasteiger partial charge >= 0.3 is 5.97 Å². The first-order chi connectivity index (χ1) is 12.5. The summed E-state index contributed by atoms with van der Waals surface area (Å²) in [5.41, 5.74) is 0.975. The van der Waals surface area contributed by atoms with Gasteiger partial charge in [-0.15, -0.1) is 0 Å². The zero-order valence-corrected chi connectivity index (χ0v) is 14.7. The van der Waals surface area contributed by atoms with Gasteiger partial charge in [0, 0.05) is 11.3 Å². The van der Waals surface area contributed by atoms with E-state index in [4.69, 9.17) is 26.2 Å². The molecule has 0 radical (unpaired) electrons. The molecule has 3 rings (SSSR count). The summed E-state index contributed by atoms with van der Waals surface area (Å²) in [6.07, 6.45) is 2.45. The van der Waals surface area contributed by atoms with Crippen LogP contribution in [0.3, 0.4) is 0 Å². The fourth-order valence-electron chi connectivity index (χ4n) is 2.24. The van der Waals surface area contributed by atoms with Gasteiger partial charge in [-0.25, -0.2) is 4.79 Å². The first kappa shape index (κ1) is 18.1. The van der Waals surface area contributed by atoms with Crippen LogP contribution in [0.2, 0.25) is 5.02 Å². The lowest BCUT2D eigenvalue weighted by molar-refractivity contribution is -0.139. The number of hydrogen-bond acceptors (Lipinski definition) is 4. The molecule has 0 saturated heterocycles. The predicted octanol–water partition coefficient (Wildman–Crippen LogP) is 3.84. The van der Waals surface area contributed by atoms with E-state index in [1.807, 2.05) is 0 Å². The van der Waals surface area contributed by atoms with E-state index in [0.29, 0.717) is 17.2 Å². The molecule has 1 aliphatic rings. The Labute approximate surface area is 155 Å². The number of benzene rings is 2. The van der Waals surface area contributed by atoms with Crippen molar-refractivity contribution in [3.63, 3.8) is 0 Å². The normalized spacial score (nSPS) is 13.1. The van der Waals surface area contributed by atoms with Crippen LogP contribution in [-0.4, -0.2) is 30.2 Å². The molecule has 1 saturated carbocycles. The molecule has 136 valence electrons. The number of amides is 1. The first-order valence-corrected chi connectivity index (χ1v) is 8.57. The predicted molar refractivity (Wildman–Crippen MR) is 97.2 cm³/mol. The van der Waals surface area contributed by atoms with E-state index in [1.54, 1.807) is 30.3 Å². The van der Waals surface area contributed by atoms with Crippen molar-refractivity contribution in [1.82, 2.24) is 0 Å². The number of halogens is 1. The smallest absolute Gasteiger partial charge is 0.341 e. The molecule has 0 spiro atoms. The average molecular weight is 376 g/mol. The summed E-state index contributed by atoms with van der Waals surface area (Å²) >= 11 is 6.04. The van der Waals surface area contributed by atoms with Crippen LogP contribution in [0, 0.1) is 5.92 Å². The van der Waals surface area contributed by atoms with Gasteiger partial charge in [0.2, 0.25) is 0 Å². The summed E-state index contributed by atoms with van der Waals surface area (Å²) in [5, 5.41) is 11.6. The number of carbonyl (C=O) groups excluding carboxylic acids is 1. The number of aliphatic carboxylic acids is 1. The van der Waals surface area contributed by atoms with Crippen molar-refractivity contribution in [3.05, 3.63) is 53.1 Å². The molecule has 6 nitrogen and oxygen atoms in total. The largest absolute Gasteiger partial charge is 0.493 e. The minimum Gasteiger partial charge on any atom is -0.493 e. The van der Waals surface area contributed by atoms with Crippen molar-refractivity contribution < 1.29 is 24.2 Å². The molecule has 7 heteroatoms. The fraction of sp³-hybridized carbons (Fsp3) is 0.263. The Kier molecular flexibility index (Phi) is 5.63. The minimum atomic E-state index is -1.09. The molecule has 2 N–H and O–H groups in total. The van der Waals surface area contributed by atoms with E-state index in [-0.39, 0.29) is 16.7 Å².